The smallest absolute Gasteiger partial charge is 0.162 e. The van der Waals surface area contributed by atoms with Gasteiger partial charge in [-0.05, 0) is 222 Å². The van der Waals surface area contributed by atoms with Gasteiger partial charge in [-0.25, -0.2) is 35.1 Å². The Morgan fingerprint density at radius 2 is 0.541 bits per heavy atom. The van der Waals surface area contributed by atoms with Gasteiger partial charge in [-0.1, -0.05) is 140 Å². The third-order valence-corrected chi connectivity index (χ3v) is 17.8. The predicted octanol–water partition coefficient (Wildman–Crippen LogP) is 22.2. The van der Waals surface area contributed by atoms with Crippen LogP contribution in [0.25, 0.3) is 0 Å². The largest absolute Gasteiger partial charge is 0.203 e. The van der Waals surface area contributed by atoms with Gasteiger partial charge in [0.1, 0.15) is 0 Å². The number of halogens is 8. The van der Waals surface area contributed by atoms with Crippen molar-refractivity contribution in [2.24, 2.45) is 23.7 Å². The molecule has 0 atom stereocenters. The van der Waals surface area contributed by atoms with Gasteiger partial charge in [-0.15, -0.1) is 0 Å². The highest BCUT2D eigenvalue weighted by Gasteiger charge is 2.29. The third kappa shape index (κ3) is 17.2. The second-order valence-electron chi connectivity index (χ2n) is 23.1. The molecule has 0 amide bonds. The van der Waals surface area contributed by atoms with Crippen molar-refractivity contribution < 1.29 is 35.1 Å². The first kappa shape index (κ1) is 61.2. The molecule has 0 radical (unpaired) electrons. The molecule has 0 N–H and O–H groups in total. The van der Waals surface area contributed by atoms with Crippen LogP contribution in [-0.2, 0) is 0 Å². The van der Waals surface area contributed by atoms with Crippen LogP contribution in [0.15, 0.2) is 48.5 Å². The summed E-state index contributed by atoms with van der Waals surface area (Å²) in [7, 11) is 0. The van der Waals surface area contributed by atoms with Crippen LogP contribution in [0.4, 0.5) is 35.1 Å². The molecule has 0 aromatic heterocycles. The minimum Gasteiger partial charge on any atom is -0.203 e. The van der Waals surface area contributed by atoms with Crippen molar-refractivity contribution in [3.8, 4) is 0 Å². The van der Waals surface area contributed by atoms with E-state index in [1.807, 2.05) is 0 Å². The number of aryl methyl sites for hydroxylation is 4. The van der Waals surface area contributed by atoms with Crippen molar-refractivity contribution in [2.75, 3.05) is 0 Å². The maximum Gasteiger partial charge on any atom is 0.162 e. The average Bonchev–Trinajstić information content (AvgIpc) is 3.41. The van der Waals surface area contributed by atoms with E-state index in [-0.39, 0.29) is 23.7 Å². The van der Waals surface area contributed by atoms with Gasteiger partial charge >= 0.3 is 0 Å². The molecule has 4 saturated carbocycles. The molecule has 412 valence electrons. The van der Waals surface area contributed by atoms with Gasteiger partial charge in [-0.2, -0.15) is 0 Å². The van der Waals surface area contributed by atoms with Gasteiger partial charge in [-0.3, -0.25) is 0 Å². The Kier molecular flexibility index (Phi) is 25.5. The lowest BCUT2D eigenvalue weighted by Crippen LogP contribution is -2.15. The number of benzene rings is 4. The summed E-state index contributed by atoms with van der Waals surface area (Å²) in [5.74, 6) is -1.07. The van der Waals surface area contributed by atoms with E-state index in [2.05, 4.69) is 27.7 Å². The van der Waals surface area contributed by atoms with Crippen LogP contribution in [0.3, 0.4) is 0 Å². The third-order valence-electron chi connectivity index (χ3n) is 17.8. The zero-order chi connectivity index (χ0) is 53.9. The topological polar surface area (TPSA) is 0 Å². The van der Waals surface area contributed by atoms with Crippen LogP contribution in [0, 0.1) is 97.9 Å². The molecule has 4 aromatic rings. The van der Waals surface area contributed by atoms with Crippen molar-refractivity contribution in [3.05, 3.63) is 140 Å². The van der Waals surface area contributed by atoms with Gasteiger partial charge in [0.05, 0.1) is 0 Å². The van der Waals surface area contributed by atoms with Gasteiger partial charge in [0.2, 0.25) is 0 Å². The minimum atomic E-state index is -0.667. The highest BCUT2D eigenvalue weighted by Crippen LogP contribution is 2.43. The van der Waals surface area contributed by atoms with E-state index in [0.717, 1.165) is 101 Å². The van der Waals surface area contributed by atoms with E-state index in [9.17, 15) is 35.1 Å². The molecule has 74 heavy (non-hydrogen) atoms. The molecule has 8 heteroatoms. The molecular weight excluding hydrogens is 945 g/mol. The first-order valence-electron chi connectivity index (χ1n) is 29.3. The molecule has 0 nitrogen and oxygen atoms in total. The normalized spacial score (nSPS) is 23.9. The molecule has 0 bridgehead atoms. The lowest BCUT2D eigenvalue weighted by atomic mass is 9.76. The Morgan fingerprint density at radius 3 is 0.797 bits per heavy atom. The van der Waals surface area contributed by atoms with E-state index < -0.39 is 46.5 Å². The lowest BCUT2D eigenvalue weighted by molar-refractivity contribution is 0.297. The van der Waals surface area contributed by atoms with Gasteiger partial charge in [0, 0.05) is 0 Å². The van der Waals surface area contributed by atoms with Gasteiger partial charge in [0.25, 0.3) is 0 Å². The van der Waals surface area contributed by atoms with E-state index in [1.165, 1.54) is 89.9 Å². The first-order chi connectivity index (χ1) is 35.5. The van der Waals surface area contributed by atoms with Crippen LogP contribution in [0.2, 0.25) is 0 Å². The number of rotatable bonds is 14. The summed E-state index contributed by atoms with van der Waals surface area (Å²) in [6, 6.07) is 13.9. The molecule has 0 spiro atoms. The Balaban J connectivity index is 0.000000183. The Labute approximate surface area is 442 Å². The van der Waals surface area contributed by atoms with E-state index in [0.29, 0.717) is 44.5 Å². The standard InChI is InChI=1S/C18H26F2.C17H24F2.C16H22F2.C15H20F2/c1-3-4-5-6-14-8-10-15(11-9-14)16-12-7-13(2)17(19)18(16)20;1-3-4-5-13-7-9-14(10-8-13)15-11-6-12(2)16(18)17(15)19;1-3-4-12-6-8-13(9-7-12)14-10-5-11(2)15(17)16(14)18;1-3-11-5-7-12(8-6-11)13-9-4-10(2)14(16)15(13)17/h7,12,14-15H,3-6,8-11H2,1-2H3;6,11,13-14H,3-5,7-10H2,1-2H3;5,10,12-13H,3-4,6-9H2,1-2H3;4,9,11-12H,3,5-8H2,1-2H3. The molecule has 0 aliphatic heterocycles. The second kappa shape index (κ2) is 30.9. The number of hydrogen-bond acceptors (Lipinski definition) is 0. The Hall–Kier alpha value is -3.68. The van der Waals surface area contributed by atoms with E-state index >= 15 is 0 Å². The quantitative estimate of drug-likeness (QED) is 0.0872. The molecular formula is C66H92F8. The fourth-order valence-electron chi connectivity index (χ4n) is 12.7. The van der Waals surface area contributed by atoms with Crippen LogP contribution < -0.4 is 0 Å². The van der Waals surface area contributed by atoms with Gasteiger partial charge < -0.3 is 0 Å². The van der Waals surface area contributed by atoms with E-state index in [1.54, 1.807) is 76.2 Å². The van der Waals surface area contributed by atoms with Crippen molar-refractivity contribution in [1.82, 2.24) is 0 Å². The first-order valence-corrected chi connectivity index (χ1v) is 29.3. The van der Waals surface area contributed by atoms with Crippen LogP contribution in [0.5, 0.6) is 0 Å². The van der Waals surface area contributed by atoms with Crippen LogP contribution >= 0.6 is 0 Å². The number of hydrogen-bond donors (Lipinski definition) is 0. The monoisotopic (exact) mass is 1040 g/mol. The van der Waals surface area contributed by atoms with Crippen molar-refractivity contribution >= 4 is 0 Å². The molecule has 4 aromatic carbocycles. The van der Waals surface area contributed by atoms with Gasteiger partial charge in [0.15, 0.2) is 46.5 Å². The molecule has 4 aliphatic carbocycles. The molecule has 0 heterocycles. The summed E-state index contributed by atoms with van der Waals surface area (Å²) in [6.07, 6.45) is 30.1. The summed E-state index contributed by atoms with van der Waals surface area (Å²) in [5.41, 5.74) is 3.97. The summed E-state index contributed by atoms with van der Waals surface area (Å²) in [4.78, 5) is 0. The van der Waals surface area contributed by atoms with Crippen molar-refractivity contribution in [1.29, 1.82) is 0 Å². The van der Waals surface area contributed by atoms with E-state index in [4.69, 9.17) is 0 Å². The van der Waals surface area contributed by atoms with Crippen molar-refractivity contribution in [2.45, 2.75) is 246 Å². The lowest BCUT2D eigenvalue weighted by Gasteiger charge is -2.29. The molecule has 0 unspecified atom stereocenters. The summed E-state index contributed by atoms with van der Waals surface area (Å²) in [5, 5.41) is 0. The molecule has 4 aliphatic rings. The van der Waals surface area contributed by atoms with Crippen LogP contribution in [0.1, 0.15) is 263 Å². The molecule has 0 saturated heterocycles. The Bertz CT molecular complexity index is 2290. The maximum atomic E-state index is 14.0. The predicted molar refractivity (Wildman–Crippen MR) is 292 cm³/mol. The van der Waals surface area contributed by atoms with Crippen molar-refractivity contribution in [3.63, 3.8) is 0 Å². The molecule has 8 rings (SSSR count). The summed E-state index contributed by atoms with van der Waals surface area (Å²) < 4.78 is 110. The Morgan fingerprint density at radius 1 is 0.284 bits per heavy atom. The average molecular weight is 1040 g/mol. The van der Waals surface area contributed by atoms with Crippen LogP contribution in [-0.4, -0.2) is 0 Å². The second-order valence-corrected chi connectivity index (χ2v) is 23.1. The zero-order valence-corrected chi connectivity index (χ0v) is 46.6. The fourth-order valence-corrected chi connectivity index (χ4v) is 12.7. The number of unbranched alkanes of at least 4 members (excludes halogenated alkanes) is 3. The highest BCUT2D eigenvalue weighted by molar-refractivity contribution is 5.31. The highest BCUT2D eigenvalue weighted by atomic mass is 19.2. The summed E-state index contributed by atoms with van der Waals surface area (Å²) in [6.45, 7) is 15.3. The molecule has 4 fully saturated rings. The fraction of sp³-hybridized carbons (Fsp3) is 0.636. The maximum absolute atomic E-state index is 14.0. The zero-order valence-electron chi connectivity index (χ0n) is 46.6. The summed E-state index contributed by atoms with van der Waals surface area (Å²) >= 11 is 0. The SMILES string of the molecule is CCC1CCC(c2ccc(C)c(F)c2F)CC1.CCCC1CCC(c2ccc(C)c(F)c2F)CC1.CCCCC1CCC(c2ccc(C)c(F)c2F)CC1.CCCCCC1CCC(c2ccc(C)c(F)c2F)CC1. The minimum absolute atomic E-state index is 0.215.